The zero-order chi connectivity index (χ0) is 63.6. The van der Waals surface area contributed by atoms with Crippen LogP contribution in [0.3, 0.4) is 0 Å². The van der Waals surface area contributed by atoms with Crippen LogP contribution < -0.4 is 34.0 Å². The van der Waals surface area contributed by atoms with Gasteiger partial charge in [-0.2, -0.15) is 0 Å². The molecule has 0 amide bonds. The predicted octanol–water partition coefficient (Wildman–Crippen LogP) is 19.2. The number of hydrogen-bond acceptors (Lipinski definition) is 12. The van der Waals surface area contributed by atoms with Gasteiger partial charge in [-0.3, -0.25) is 31.9 Å². The molecule has 0 bridgehead atoms. The highest BCUT2D eigenvalue weighted by atomic mass is 35.5. The monoisotopic (exact) mass is 1210 g/mol. The predicted molar refractivity (Wildman–Crippen MR) is 361 cm³/mol. The van der Waals surface area contributed by atoms with Gasteiger partial charge in [-0.05, 0) is 151 Å². The molecule has 0 aromatic heterocycles. The number of nitrogens with one attached hydrogen (secondary N) is 2. The van der Waals surface area contributed by atoms with E-state index in [2.05, 4.69) is 127 Å². The van der Waals surface area contributed by atoms with Gasteiger partial charge in [-0.15, -0.1) is 0 Å². The zero-order valence-electron chi connectivity index (χ0n) is 52.0. The molecule has 0 saturated carbocycles. The van der Waals surface area contributed by atoms with E-state index in [1.807, 2.05) is 113 Å². The van der Waals surface area contributed by atoms with Crippen molar-refractivity contribution in [2.24, 2.45) is 17.5 Å². The fraction of sp³-hybridized carbons (Fsp3) is 0.500. The summed E-state index contributed by atoms with van der Waals surface area (Å²) >= 11 is 24.1. The van der Waals surface area contributed by atoms with Gasteiger partial charge in [0, 0.05) is 23.5 Å². The molecule has 1 aliphatic rings. The molecule has 20 heteroatoms. The number of allylic oxidation sites excluding steroid dienone is 4. The molecule has 0 aliphatic carbocycles. The second-order valence-electron chi connectivity index (χ2n) is 16.5. The molecule has 0 radical (unpaired) electrons. The molecule has 1 saturated heterocycles. The Balaban J connectivity index is -0.000000203. The third-order valence-electron chi connectivity index (χ3n) is 11.7. The largest absolute Gasteiger partial charge is 0.490 e. The Hall–Kier alpha value is -4.53. The second kappa shape index (κ2) is 53.8. The van der Waals surface area contributed by atoms with Gasteiger partial charge in [0.25, 0.3) is 11.4 Å². The van der Waals surface area contributed by atoms with Gasteiger partial charge in [-0.1, -0.05) is 217 Å². The lowest BCUT2D eigenvalue weighted by molar-refractivity contribution is -0.385. The summed E-state index contributed by atoms with van der Waals surface area (Å²) in [6, 6.07) is 29.3. The summed E-state index contributed by atoms with van der Waals surface area (Å²) in [5, 5.41) is 24.6. The first-order valence-electron chi connectivity index (χ1n) is 27.7. The van der Waals surface area contributed by atoms with Crippen LogP contribution in [0, 0.1) is 20.2 Å². The standard InChI is InChI=1S/C12H19N3S.C11H21BO2.C11H13NO2.C11H17N.C6H4ClNO2.4C2H6.CCl2S.H4N2/c1-3-9(4-2)10-7-5-6-8-11(10)14-12(16)15-13;1-7-9(8-2)12-13-10(3,4)11(5,6)14-12;1-3-9(4-2)10-7-5-6-8-11(10)12(13)14;1-3-9(4-2)10-7-5-6-8-11(10)12;7-5-3-1-2-4-6(5)8(9)10;4*1-2;2-1(3)4;1-2/h5-9H,3-4,13H2,1-2H3,(H2,14,15,16);7H,8H2,1-6H3;3,5-8H,4H2,1-2H3;5-9H,3-4,12H2,1-2H3;1-4H;4*1-2H3;;1-2H2/b;9-7+;9-3+;;;;;;;;. The fourth-order valence-electron chi connectivity index (χ4n) is 7.02. The highest BCUT2D eigenvalue weighted by molar-refractivity contribution is 7.86. The molecule has 0 unspecified atom stereocenters. The van der Waals surface area contributed by atoms with Crippen LogP contribution in [0.15, 0.2) is 115 Å². The van der Waals surface area contributed by atoms with Gasteiger partial charge in [0.15, 0.2) is 8.90 Å². The lowest BCUT2D eigenvalue weighted by atomic mass is 9.76. The van der Waals surface area contributed by atoms with Crippen molar-refractivity contribution in [3.05, 3.63) is 157 Å². The second-order valence-corrected chi connectivity index (χ2v) is 19.1. The van der Waals surface area contributed by atoms with Crippen LogP contribution in [-0.4, -0.2) is 37.1 Å². The Kier molecular flexibility index (Phi) is 58.3. The van der Waals surface area contributed by atoms with Crippen LogP contribution in [0.4, 0.5) is 22.7 Å². The first-order valence-corrected chi connectivity index (χ1v) is 29.6. The average molecular weight is 1210 g/mol. The topological polar surface area (TPSA) is 233 Å². The van der Waals surface area contributed by atoms with E-state index in [0.717, 1.165) is 48.2 Å². The molecule has 14 nitrogen and oxygen atoms in total. The molecular formula is C60H102BCl3N8O6S2. The van der Waals surface area contributed by atoms with Crippen LogP contribution in [0.5, 0.6) is 0 Å². The summed E-state index contributed by atoms with van der Waals surface area (Å²) < 4.78 is 11.8. The van der Waals surface area contributed by atoms with E-state index in [9.17, 15) is 20.2 Å². The van der Waals surface area contributed by atoms with E-state index in [0.29, 0.717) is 16.9 Å². The number of hydrogen-bond donors (Lipinski definition) is 6. The SMILES string of the molecule is C/C=C(\CC)B1OC(C)(C)C(C)(C)O1.C/C=C(\CC)c1ccccc1[N+](=O)[O-].CC.CC.CC.CC.CCC(CC)c1ccccc1N.CCC(CC)c1ccccc1NC(=S)NN.NN.O=[N+]([O-])c1ccccc1Cl.S=C(Cl)Cl. The van der Waals surface area contributed by atoms with Crippen LogP contribution in [-0.2, 0) is 9.31 Å². The maximum absolute atomic E-state index is 10.7. The van der Waals surface area contributed by atoms with E-state index in [-0.39, 0.29) is 43.4 Å². The Labute approximate surface area is 510 Å². The molecule has 0 spiro atoms. The Morgan fingerprint density at radius 2 is 1.01 bits per heavy atom. The van der Waals surface area contributed by atoms with Crippen LogP contribution >= 0.6 is 59.2 Å². The summed E-state index contributed by atoms with van der Waals surface area (Å²) in [6.45, 7) is 41.2. The molecule has 1 heterocycles. The third kappa shape index (κ3) is 35.4. The van der Waals surface area contributed by atoms with Crippen molar-refractivity contribution < 1.29 is 19.2 Å². The van der Waals surface area contributed by atoms with Crippen LogP contribution in [0.2, 0.25) is 5.02 Å². The van der Waals surface area contributed by atoms with E-state index < -0.39 is 4.92 Å². The molecular weight excluding hydrogens is 1110 g/mol. The number of halogens is 3. The Morgan fingerprint density at radius 1 is 0.637 bits per heavy atom. The highest BCUT2D eigenvalue weighted by Crippen LogP contribution is 2.39. The molecule has 454 valence electrons. The number of hydrazine groups is 2. The van der Waals surface area contributed by atoms with E-state index in [4.69, 9.17) is 67.9 Å². The van der Waals surface area contributed by atoms with E-state index >= 15 is 0 Å². The number of nitro groups is 2. The maximum atomic E-state index is 10.7. The van der Waals surface area contributed by atoms with Crippen molar-refractivity contribution in [1.82, 2.24) is 5.43 Å². The molecule has 4 aromatic rings. The minimum Gasteiger partial charge on any atom is -0.400 e. The fourth-order valence-corrected chi connectivity index (χ4v) is 7.34. The molecule has 4 aromatic carbocycles. The molecule has 10 N–H and O–H groups in total. The number of para-hydroxylation sites is 4. The average Bonchev–Trinajstić information content (AvgIpc) is 3.69. The summed E-state index contributed by atoms with van der Waals surface area (Å²) in [5.74, 6) is 14.4. The number of nitrogens with zero attached hydrogens (tertiary/aromatic N) is 2. The van der Waals surface area contributed by atoms with Crippen molar-refractivity contribution in [1.29, 1.82) is 0 Å². The minimum absolute atomic E-state index is 0.0517. The van der Waals surface area contributed by atoms with Gasteiger partial charge in [0.2, 0.25) is 0 Å². The third-order valence-corrected chi connectivity index (χ3v) is 12.3. The normalized spacial score (nSPS) is 12.0. The van der Waals surface area contributed by atoms with Gasteiger partial charge in [-0.25, -0.2) is 5.84 Å². The Bertz CT molecular complexity index is 2280. The van der Waals surface area contributed by atoms with Gasteiger partial charge >= 0.3 is 7.12 Å². The first kappa shape index (κ1) is 86.7. The molecule has 1 aliphatic heterocycles. The molecule has 0 atom stereocenters. The van der Waals surface area contributed by atoms with Crippen molar-refractivity contribution in [3.63, 3.8) is 0 Å². The summed E-state index contributed by atoms with van der Waals surface area (Å²) in [5.41, 5.74) is 15.5. The number of nitrogen functional groups attached to an aromatic ring is 1. The number of nitro benzene ring substituents is 2. The number of nitrogens with two attached hydrogens (primary N) is 4. The van der Waals surface area contributed by atoms with E-state index in [1.54, 1.807) is 24.3 Å². The van der Waals surface area contributed by atoms with Crippen molar-refractivity contribution >= 4 is 104 Å². The van der Waals surface area contributed by atoms with Crippen molar-refractivity contribution in [3.8, 4) is 0 Å². The number of thiocarbonyl (C=S) groups is 2. The highest BCUT2D eigenvalue weighted by Gasteiger charge is 2.51. The van der Waals surface area contributed by atoms with E-state index in [1.165, 1.54) is 47.6 Å². The van der Waals surface area contributed by atoms with Gasteiger partial charge in [0.1, 0.15) is 5.02 Å². The number of benzene rings is 4. The number of anilines is 2. The lowest BCUT2D eigenvalue weighted by Gasteiger charge is -2.32. The maximum Gasteiger partial charge on any atom is 0.490 e. The summed E-state index contributed by atoms with van der Waals surface area (Å²) in [4.78, 5) is 20.0. The van der Waals surface area contributed by atoms with Crippen molar-refractivity contribution in [2.75, 3.05) is 11.1 Å². The summed E-state index contributed by atoms with van der Waals surface area (Å²) in [7, 11) is -0.157. The van der Waals surface area contributed by atoms with Crippen LogP contribution in [0.25, 0.3) is 5.57 Å². The first-order chi connectivity index (χ1) is 38.0. The molecule has 5 rings (SSSR count). The lowest BCUT2D eigenvalue weighted by Crippen LogP contribution is -2.41. The Morgan fingerprint density at radius 3 is 1.36 bits per heavy atom. The minimum atomic E-state index is -0.512. The number of rotatable bonds is 13. The summed E-state index contributed by atoms with van der Waals surface area (Å²) in [6.07, 6.45) is 10.4. The smallest absolute Gasteiger partial charge is 0.400 e. The molecule has 1 fully saturated rings. The quantitative estimate of drug-likeness (QED) is 0.0139. The van der Waals surface area contributed by atoms with Gasteiger partial charge in [0.05, 0.1) is 26.6 Å². The van der Waals surface area contributed by atoms with Gasteiger partial charge < -0.3 is 25.8 Å². The van der Waals surface area contributed by atoms with Crippen molar-refractivity contribution in [2.45, 2.75) is 200 Å². The molecule has 80 heavy (non-hydrogen) atoms. The zero-order valence-corrected chi connectivity index (χ0v) is 55.9. The van der Waals surface area contributed by atoms with Crippen LogP contribution in [0.1, 0.15) is 206 Å².